The van der Waals surface area contributed by atoms with Crippen LogP contribution in [0, 0.1) is 0 Å². The highest BCUT2D eigenvalue weighted by Gasteiger charge is 2.20. The summed E-state index contributed by atoms with van der Waals surface area (Å²) in [5.74, 6) is 2.30. The lowest BCUT2D eigenvalue weighted by Gasteiger charge is -2.33. The topological polar surface area (TPSA) is 65.7 Å². The third-order valence-electron chi connectivity index (χ3n) is 5.80. The average molecular weight is 540 g/mol. The number of hydrogen-bond donors (Lipinski definition) is 2. The number of guanidine groups is 1. The molecule has 1 aromatic heterocycles. The van der Waals surface area contributed by atoms with Crippen molar-refractivity contribution in [1.82, 2.24) is 20.5 Å². The van der Waals surface area contributed by atoms with E-state index in [-0.39, 0.29) is 29.4 Å². The van der Waals surface area contributed by atoms with Crippen molar-refractivity contribution >= 4 is 29.9 Å². The maximum atomic E-state index is 5.86. The van der Waals surface area contributed by atoms with Crippen molar-refractivity contribution in [3.05, 3.63) is 53.2 Å². The Morgan fingerprint density at radius 2 is 1.87 bits per heavy atom. The predicted octanol–water partition coefficient (Wildman–Crippen LogP) is 4.83. The van der Waals surface area contributed by atoms with Gasteiger partial charge in [0.25, 0.3) is 0 Å². The minimum Gasteiger partial charge on any atom is -0.443 e. The number of likely N-dealkylation sites (tertiary alicyclic amines) is 1. The second-order valence-electron chi connectivity index (χ2n) is 9.23. The lowest BCUT2D eigenvalue weighted by atomic mass is 9.94. The molecule has 6 nitrogen and oxygen atoms in total. The van der Waals surface area contributed by atoms with Gasteiger partial charge in [0, 0.05) is 31.6 Å². The summed E-state index contributed by atoms with van der Waals surface area (Å²) in [5, 5.41) is 6.73. The Morgan fingerprint density at radius 1 is 1.16 bits per heavy atom. The molecule has 1 aromatic carbocycles. The molecule has 0 bridgehead atoms. The fourth-order valence-corrected chi connectivity index (χ4v) is 3.79. The quantitative estimate of drug-likeness (QED) is 0.313. The fourth-order valence-electron chi connectivity index (χ4n) is 3.79. The maximum Gasteiger partial charge on any atom is 0.213 e. The molecule has 1 atom stereocenters. The minimum absolute atomic E-state index is 0. The van der Waals surface area contributed by atoms with Crippen LogP contribution in [0.5, 0.6) is 0 Å². The van der Waals surface area contributed by atoms with E-state index in [1.165, 1.54) is 36.9 Å². The van der Waals surface area contributed by atoms with Crippen LogP contribution in [0.2, 0.25) is 0 Å². The molecule has 2 heterocycles. The van der Waals surface area contributed by atoms with Crippen molar-refractivity contribution in [1.29, 1.82) is 0 Å². The molecular formula is C24H38IN5O. The zero-order valence-corrected chi connectivity index (χ0v) is 21.9. The third kappa shape index (κ3) is 7.49. The summed E-state index contributed by atoms with van der Waals surface area (Å²) >= 11 is 0. The van der Waals surface area contributed by atoms with E-state index in [4.69, 9.17) is 4.42 Å². The van der Waals surface area contributed by atoms with E-state index in [9.17, 15) is 0 Å². The lowest BCUT2D eigenvalue weighted by Crippen LogP contribution is -2.38. The van der Waals surface area contributed by atoms with Crippen LogP contribution < -0.4 is 10.6 Å². The molecule has 1 saturated heterocycles. The van der Waals surface area contributed by atoms with E-state index >= 15 is 0 Å². The Hall–Kier alpha value is -1.61. The highest BCUT2D eigenvalue weighted by atomic mass is 127. The van der Waals surface area contributed by atoms with Crippen LogP contribution in [-0.4, -0.2) is 35.5 Å². The first-order valence-corrected chi connectivity index (χ1v) is 11.1. The number of hydrogen-bond acceptors (Lipinski definition) is 4. The molecule has 172 valence electrons. The normalized spacial score (nSPS) is 17.8. The van der Waals surface area contributed by atoms with Crippen LogP contribution >= 0.6 is 24.0 Å². The molecule has 0 saturated carbocycles. The van der Waals surface area contributed by atoms with Crippen molar-refractivity contribution in [3.63, 3.8) is 0 Å². The van der Waals surface area contributed by atoms with Gasteiger partial charge in [0.2, 0.25) is 5.89 Å². The van der Waals surface area contributed by atoms with E-state index < -0.39 is 0 Å². The third-order valence-corrected chi connectivity index (χ3v) is 5.80. The van der Waals surface area contributed by atoms with Gasteiger partial charge in [-0.1, -0.05) is 51.5 Å². The maximum absolute atomic E-state index is 5.86. The number of benzene rings is 1. The van der Waals surface area contributed by atoms with E-state index in [1.807, 2.05) is 6.20 Å². The number of rotatable bonds is 6. The zero-order valence-electron chi connectivity index (χ0n) is 19.6. The summed E-state index contributed by atoms with van der Waals surface area (Å²) in [4.78, 5) is 11.3. The summed E-state index contributed by atoms with van der Waals surface area (Å²) in [7, 11) is 1.78. The zero-order chi connectivity index (χ0) is 21.6. The van der Waals surface area contributed by atoms with Crippen molar-refractivity contribution in [2.75, 3.05) is 13.6 Å². The van der Waals surface area contributed by atoms with Gasteiger partial charge in [0.05, 0.1) is 12.7 Å². The molecular weight excluding hydrogens is 501 g/mol. The number of nitrogens with one attached hydrogen (secondary N) is 2. The largest absolute Gasteiger partial charge is 0.443 e. The molecule has 1 fully saturated rings. The van der Waals surface area contributed by atoms with Crippen LogP contribution in [0.1, 0.15) is 69.7 Å². The Morgan fingerprint density at radius 3 is 2.52 bits per heavy atom. The van der Waals surface area contributed by atoms with Gasteiger partial charge in [0.1, 0.15) is 5.76 Å². The Bertz CT molecular complexity index is 842. The fraction of sp³-hybridized carbons (Fsp3) is 0.583. The SMILES string of the molecule is CN=C(NCc1ncc(C(C)(C)C)o1)NCc1ccccc1CN1CCCCC1C.I. The summed E-state index contributed by atoms with van der Waals surface area (Å²) < 4.78 is 5.86. The van der Waals surface area contributed by atoms with Crippen molar-refractivity contribution < 1.29 is 4.42 Å². The molecule has 1 aliphatic heterocycles. The van der Waals surface area contributed by atoms with Gasteiger partial charge >= 0.3 is 0 Å². The van der Waals surface area contributed by atoms with Gasteiger partial charge in [-0.25, -0.2) is 4.98 Å². The monoisotopic (exact) mass is 539 g/mol. The first kappa shape index (κ1) is 25.6. The van der Waals surface area contributed by atoms with E-state index in [1.54, 1.807) is 7.05 Å². The number of nitrogens with zero attached hydrogens (tertiary/aromatic N) is 3. The molecule has 0 aliphatic carbocycles. The molecule has 0 radical (unpaired) electrons. The minimum atomic E-state index is -0.0409. The average Bonchev–Trinajstić information content (AvgIpc) is 3.20. The molecule has 7 heteroatoms. The lowest BCUT2D eigenvalue weighted by molar-refractivity contribution is 0.152. The number of oxazole rings is 1. The van der Waals surface area contributed by atoms with Crippen molar-refractivity contribution in [2.45, 2.75) is 78.0 Å². The highest BCUT2D eigenvalue weighted by Crippen LogP contribution is 2.23. The summed E-state index contributed by atoms with van der Waals surface area (Å²) in [6.07, 6.45) is 5.77. The Labute approximate surface area is 204 Å². The molecule has 2 N–H and O–H groups in total. The van der Waals surface area contributed by atoms with Crippen molar-refractivity contribution in [3.8, 4) is 0 Å². The van der Waals surface area contributed by atoms with Gasteiger partial charge in [-0.3, -0.25) is 9.89 Å². The number of piperidine rings is 1. The summed E-state index contributed by atoms with van der Waals surface area (Å²) in [6.45, 7) is 12.1. The highest BCUT2D eigenvalue weighted by molar-refractivity contribution is 14.0. The van der Waals surface area contributed by atoms with E-state index in [2.05, 4.69) is 77.5 Å². The van der Waals surface area contributed by atoms with Gasteiger partial charge in [-0.15, -0.1) is 24.0 Å². The smallest absolute Gasteiger partial charge is 0.213 e. The number of aliphatic imine (C=N–C) groups is 1. The molecule has 1 unspecified atom stereocenters. The second kappa shape index (κ2) is 11.9. The molecule has 0 amide bonds. The second-order valence-corrected chi connectivity index (χ2v) is 9.23. The summed E-state index contributed by atoms with van der Waals surface area (Å²) in [6, 6.07) is 9.35. The molecule has 2 aromatic rings. The number of halogens is 1. The van der Waals surface area contributed by atoms with Crippen LogP contribution in [0.4, 0.5) is 0 Å². The first-order valence-electron chi connectivity index (χ1n) is 11.1. The van der Waals surface area contributed by atoms with Gasteiger partial charge < -0.3 is 15.1 Å². The molecule has 0 spiro atoms. The first-order chi connectivity index (χ1) is 14.4. The molecule has 31 heavy (non-hydrogen) atoms. The van der Waals surface area contributed by atoms with Gasteiger partial charge in [0.15, 0.2) is 5.96 Å². The predicted molar refractivity (Wildman–Crippen MR) is 138 cm³/mol. The van der Waals surface area contributed by atoms with Crippen LogP contribution in [0.15, 0.2) is 39.9 Å². The van der Waals surface area contributed by atoms with Gasteiger partial charge in [-0.2, -0.15) is 0 Å². The van der Waals surface area contributed by atoms with Crippen LogP contribution in [0.25, 0.3) is 0 Å². The van der Waals surface area contributed by atoms with Crippen molar-refractivity contribution in [2.24, 2.45) is 4.99 Å². The standard InChI is InChI=1S/C24H37N5O.HI/c1-18-10-8-9-13-29(18)17-20-12-7-6-11-19(20)14-27-23(25-5)28-16-22-26-15-21(30-22)24(2,3)4;/h6-7,11-12,15,18H,8-10,13-14,16-17H2,1-5H3,(H2,25,27,28);1H. The Balaban J connectivity index is 0.00000341. The Kier molecular flexibility index (Phi) is 9.81. The summed E-state index contributed by atoms with van der Waals surface area (Å²) in [5.41, 5.74) is 2.65. The van der Waals surface area contributed by atoms with Crippen LogP contribution in [0.3, 0.4) is 0 Å². The molecule has 3 rings (SSSR count). The number of aromatic nitrogens is 1. The van der Waals surface area contributed by atoms with E-state index in [0.717, 1.165) is 24.8 Å². The molecule has 1 aliphatic rings. The van der Waals surface area contributed by atoms with Gasteiger partial charge in [-0.05, 0) is 37.4 Å². The van der Waals surface area contributed by atoms with Crippen LogP contribution in [-0.2, 0) is 25.0 Å². The van der Waals surface area contributed by atoms with E-state index in [0.29, 0.717) is 18.5 Å².